The highest BCUT2D eigenvalue weighted by atomic mass is 35.5. The van der Waals surface area contributed by atoms with E-state index in [1.165, 1.54) is 23.5 Å². The van der Waals surface area contributed by atoms with Crippen LogP contribution in [-0.4, -0.2) is 37.0 Å². The molecular weight excluding hydrogens is 395 g/mol. The van der Waals surface area contributed by atoms with Gasteiger partial charge < -0.3 is 15.0 Å². The van der Waals surface area contributed by atoms with Crippen molar-refractivity contribution in [2.75, 3.05) is 25.5 Å². The number of likely N-dealkylation sites (N-methyl/N-ethyl adjacent to an activating group) is 1. The smallest absolute Gasteiger partial charge is 0.341 e. The third-order valence-corrected chi connectivity index (χ3v) is 5.65. The molecule has 0 saturated heterocycles. The van der Waals surface area contributed by atoms with Crippen LogP contribution in [0.3, 0.4) is 0 Å². The molecule has 1 aromatic heterocycles. The van der Waals surface area contributed by atoms with Gasteiger partial charge in [0.1, 0.15) is 5.00 Å². The lowest BCUT2D eigenvalue weighted by Gasteiger charge is -2.22. The van der Waals surface area contributed by atoms with Crippen LogP contribution in [0.25, 0.3) is 0 Å². The van der Waals surface area contributed by atoms with Crippen LogP contribution in [0.2, 0.25) is 10.0 Å². The van der Waals surface area contributed by atoms with Crippen LogP contribution in [0, 0.1) is 0 Å². The van der Waals surface area contributed by atoms with Crippen molar-refractivity contribution < 1.29 is 14.3 Å². The van der Waals surface area contributed by atoms with Gasteiger partial charge in [0, 0.05) is 33.6 Å². The predicted octanol–water partition coefficient (Wildman–Crippen LogP) is 4.47. The number of rotatable bonds is 4. The molecule has 1 aliphatic rings. The molecule has 0 spiro atoms. The summed E-state index contributed by atoms with van der Waals surface area (Å²) in [5.74, 6) is -0.777. The molecule has 0 fully saturated rings. The van der Waals surface area contributed by atoms with E-state index in [9.17, 15) is 9.59 Å². The van der Waals surface area contributed by atoms with Gasteiger partial charge in [-0.15, -0.1) is 11.3 Å². The van der Waals surface area contributed by atoms with Crippen molar-refractivity contribution in [3.63, 3.8) is 0 Å². The number of hydrogen-bond acceptors (Lipinski definition) is 5. The number of nitrogens with one attached hydrogen (secondary N) is 1. The van der Waals surface area contributed by atoms with E-state index < -0.39 is 5.97 Å². The molecule has 26 heavy (non-hydrogen) atoms. The molecule has 0 radical (unpaired) electrons. The number of benzene rings is 1. The van der Waals surface area contributed by atoms with Crippen molar-refractivity contribution in [3.05, 3.63) is 49.8 Å². The van der Waals surface area contributed by atoms with Crippen molar-refractivity contribution in [2.24, 2.45) is 0 Å². The highest BCUT2D eigenvalue weighted by Crippen LogP contribution is 2.37. The number of anilines is 1. The molecule has 5 nitrogen and oxygen atoms in total. The number of fused-ring (bicyclic) bond motifs is 1. The Hall–Kier alpha value is -1.60. The number of nitrogens with zero attached hydrogens (tertiary/aromatic N) is 1. The summed E-state index contributed by atoms with van der Waals surface area (Å²) in [6, 6.07) is 4.63. The highest BCUT2D eigenvalue weighted by molar-refractivity contribution is 7.17. The minimum Gasteiger partial charge on any atom is -0.462 e. The van der Waals surface area contributed by atoms with Crippen LogP contribution in [0.1, 0.15) is 38.1 Å². The molecule has 2 aromatic rings. The van der Waals surface area contributed by atoms with Gasteiger partial charge in [0.2, 0.25) is 0 Å². The molecule has 8 heteroatoms. The van der Waals surface area contributed by atoms with Crippen molar-refractivity contribution in [3.8, 4) is 0 Å². The minimum atomic E-state index is -0.408. The van der Waals surface area contributed by atoms with E-state index in [1.54, 1.807) is 13.0 Å². The molecule has 0 unspecified atom stereocenters. The van der Waals surface area contributed by atoms with E-state index in [0.717, 1.165) is 30.0 Å². The number of hydrogen-bond donors (Lipinski definition) is 1. The zero-order chi connectivity index (χ0) is 18.8. The van der Waals surface area contributed by atoms with Gasteiger partial charge in [-0.1, -0.05) is 23.2 Å². The minimum absolute atomic E-state index is 0.278. The van der Waals surface area contributed by atoms with Gasteiger partial charge in [-0.05, 0) is 44.2 Å². The second-order valence-electron chi connectivity index (χ2n) is 6.03. The van der Waals surface area contributed by atoms with Crippen LogP contribution in [0.15, 0.2) is 18.2 Å². The summed E-state index contributed by atoms with van der Waals surface area (Å²) in [4.78, 5) is 28.4. The van der Waals surface area contributed by atoms with E-state index in [0.29, 0.717) is 26.2 Å². The topological polar surface area (TPSA) is 58.6 Å². The number of carbonyl (C=O) groups is 2. The zero-order valence-electron chi connectivity index (χ0n) is 14.4. The molecule has 138 valence electrons. The summed E-state index contributed by atoms with van der Waals surface area (Å²) >= 11 is 13.4. The molecule has 0 saturated carbocycles. The van der Waals surface area contributed by atoms with Gasteiger partial charge in [-0.25, -0.2) is 4.79 Å². The maximum Gasteiger partial charge on any atom is 0.341 e. The fourth-order valence-electron chi connectivity index (χ4n) is 2.90. The Bertz CT molecular complexity index is 846. The molecule has 1 aliphatic heterocycles. The summed E-state index contributed by atoms with van der Waals surface area (Å²) in [6.45, 7) is 3.63. The van der Waals surface area contributed by atoms with E-state index in [2.05, 4.69) is 10.2 Å². The number of carbonyl (C=O) groups excluding carboxylic acids is 2. The molecule has 0 aliphatic carbocycles. The van der Waals surface area contributed by atoms with Crippen LogP contribution in [-0.2, 0) is 17.7 Å². The quantitative estimate of drug-likeness (QED) is 0.752. The first-order valence-electron chi connectivity index (χ1n) is 8.16. The highest BCUT2D eigenvalue weighted by Gasteiger charge is 2.28. The van der Waals surface area contributed by atoms with Gasteiger partial charge in [0.05, 0.1) is 12.2 Å². The largest absolute Gasteiger partial charge is 0.462 e. The summed E-state index contributed by atoms with van der Waals surface area (Å²) in [7, 11) is 2.03. The average molecular weight is 413 g/mol. The van der Waals surface area contributed by atoms with Gasteiger partial charge in [0.25, 0.3) is 5.91 Å². The molecule has 0 bridgehead atoms. The maximum absolute atomic E-state index is 12.6. The lowest BCUT2D eigenvalue weighted by Crippen LogP contribution is -2.26. The van der Waals surface area contributed by atoms with Crippen molar-refractivity contribution in [2.45, 2.75) is 19.9 Å². The van der Waals surface area contributed by atoms with Crippen LogP contribution < -0.4 is 5.32 Å². The van der Waals surface area contributed by atoms with E-state index in [4.69, 9.17) is 27.9 Å². The standard InChI is InChI=1S/C18H18Cl2N2O3S/c1-3-25-18(24)15-13-4-5-22(2)9-14(13)26-17(15)21-16(23)10-6-11(19)8-12(20)7-10/h6-8H,3-5,9H2,1-2H3,(H,21,23). The molecule has 1 N–H and O–H groups in total. The second kappa shape index (κ2) is 7.96. The lowest BCUT2D eigenvalue weighted by atomic mass is 10.0. The Morgan fingerprint density at radius 3 is 2.62 bits per heavy atom. The Balaban J connectivity index is 1.96. The average Bonchev–Trinajstić information content (AvgIpc) is 2.90. The fourth-order valence-corrected chi connectivity index (χ4v) is 4.74. The fraction of sp³-hybridized carbons (Fsp3) is 0.333. The SMILES string of the molecule is CCOC(=O)c1c(NC(=O)c2cc(Cl)cc(Cl)c2)sc2c1CCN(C)C2. The summed E-state index contributed by atoms with van der Waals surface area (Å²) in [5, 5.41) is 4.09. The first kappa shape index (κ1) is 19.2. The third-order valence-electron chi connectivity index (χ3n) is 4.08. The number of thiophene rings is 1. The van der Waals surface area contributed by atoms with E-state index in [-0.39, 0.29) is 12.5 Å². The van der Waals surface area contributed by atoms with E-state index in [1.807, 2.05) is 7.05 Å². The first-order valence-corrected chi connectivity index (χ1v) is 9.74. The maximum atomic E-state index is 12.6. The lowest BCUT2D eigenvalue weighted by molar-refractivity contribution is 0.0526. The molecule has 1 aromatic carbocycles. The predicted molar refractivity (Wildman–Crippen MR) is 105 cm³/mol. The Labute approximate surface area is 165 Å². The number of amides is 1. The van der Waals surface area contributed by atoms with Crippen molar-refractivity contribution in [1.82, 2.24) is 4.90 Å². The number of halogens is 2. The van der Waals surface area contributed by atoms with Crippen LogP contribution in [0.5, 0.6) is 0 Å². The first-order chi connectivity index (χ1) is 12.4. The molecule has 1 amide bonds. The summed E-state index contributed by atoms with van der Waals surface area (Å²) < 4.78 is 5.21. The molecule has 2 heterocycles. The second-order valence-corrected chi connectivity index (χ2v) is 8.01. The molecular formula is C18H18Cl2N2O3S. The van der Waals surface area contributed by atoms with Crippen molar-refractivity contribution in [1.29, 1.82) is 0 Å². The number of ether oxygens (including phenoxy) is 1. The van der Waals surface area contributed by atoms with Crippen LogP contribution in [0.4, 0.5) is 5.00 Å². The van der Waals surface area contributed by atoms with Gasteiger partial charge in [-0.2, -0.15) is 0 Å². The monoisotopic (exact) mass is 412 g/mol. The Morgan fingerprint density at radius 1 is 1.27 bits per heavy atom. The Morgan fingerprint density at radius 2 is 1.96 bits per heavy atom. The third kappa shape index (κ3) is 4.04. The van der Waals surface area contributed by atoms with Gasteiger partial charge >= 0.3 is 5.97 Å². The van der Waals surface area contributed by atoms with E-state index >= 15 is 0 Å². The number of esters is 1. The van der Waals surface area contributed by atoms with Crippen LogP contribution >= 0.6 is 34.5 Å². The molecule has 0 atom stereocenters. The zero-order valence-corrected chi connectivity index (χ0v) is 16.7. The summed E-state index contributed by atoms with van der Waals surface area (Å²) in [5.41, 5.74) is 1.76. The van der Waals surface area contributed by atoms with Gasteiger partial charge in [-0.3, -0.25) is 4.79 Å². The normalized spacial score (nSPS) is 14.0. The van der Waals surface area contributed by atoms with Gasteiger partial charge in [0.15, 0.2) is 0 Å². The van der Waals surface area contributed by atoms with Crippen molar-refractivity contribution >= 4 is 51.4 Å². The Kier molecular flexibility index (Phi) is 5.87. The summed E-state index contributed by atoms with van der Waals surface area (Å²) in [6.07, 6.45) is 0.745. The molecule has 3 rings (SSSR count).